The molecule has 3 aliphatic rings. The minimum atomic E-state index is -0.524. The van der Waals surface area contributed by atoms with E-state index in [-0.39, 0.29) is 111 Å². The molecule has 137 heavy (non-hydrogen) atoms. The van der Waals surface area contributed by atoms with E-state index in [2.05, 4.69) is 68.3 Å². The number of aromatic nitrogens is 4. The second kappa shape index (κ2) is 47.5. The molecule has 9 N–H and O–H groups in total. The van der Waals surface area contributed by atoms with Crippen LogP contribution in [0.2, 0.25) is 0 Å². The molecular weight excluding hydrogens is 1790 g/mol. The molecule has 3 saturated heterocycles. The van der Waals surface area contributed by atoms with Gasteiger partial charge < -0.3 is 96.3 Å². The Morgan fingerprint density at radius 3 is 1.19 bits per heavy atom. The Morgan fingerprint density at radius 2 is 0.854 bits per heavy atom. The zero-order valence-corrected chi connectivity index (χ0v) is 82.4. The first-order chi connectivity index (χ1) is 64.9. The smallest absolute Gasteiger partial charge is 1.00 e. The summed E-state index contributed by atoms with van der Waals surface area (Å²) in [7, 11) is 10.2. The van der Waals surface area contributed by atoms with Gasteiger partial charge in [0.2, 0.25) is 0 Å². The molecule has 4 aromatic heterocycles. The Kier molecular flexibility index (Phi) is 36.6. The molecule has 3 aliphatic heterocycles. The number of rotatable bonds is 27. The van der Waals surface area contributed by atoms with Crippen LogP contribution in [-0.2, 0) is 50.1 Å². The summed E-state index contributed by atoms with van der Waals surface area (Å²) in [6.45, 7) is 24.1. The number of likely N-dealkylation sites (N-methyl/N-ethyl adjacent to an activating group) is 2. The molecule has 12 aromatic rings. The first-order valence-electron chi connectivity index (χ1n) is 43.8. The van der Waals surface area contributed by atoms with Crippen molar-refractivity contribution in [3.8, 4) is 74.1 Å². The molecule has 3 fully saturated rings. The number of anilines is 4. The standard InChI is InChI=1S/C26H30N4O4.C25H28N4O4.C24H26N4O4.C22H22N4O4.ClH.H4N6.Na.H/c1-7-29-21-15-19(34-8-2)13-14-20(21)22(25(32)27(4)5)23(29)17-9-11-18(12-10-17)30-24(31)16(3)28(6)26(30)33;1-6-28-20-14-18(33-7-2)12-13-19(20)22(24(31)26(3)4)23(28)16-8-10-17(11-9-16)29-21(30)15-27(5)25(29)32;1-4-28-21-13-18(31-5-2)11-12-19(21)20(14-25)23(28)16-7-9-17(10-8-16)27-24(30)26-15-22(29)32-6-3;1-3-25-17-11-15(30-4-2)9-10-16(17)19(21(23)28)20(25)13-5-7-14(8-6-13)26-18(27)12-24-22(26)29;;1-3-5-6-4-2;;/h9-16H,7-8H2,1-6H3;8-14H,6-7,15H2,1-5H3;7-13H,4-6,15H2,1-3H3,(H2,26,27,30);5-11H,3-4,12H2,1-2H3,(H2,23,28)(H,24,29);1H;(H2,1,4,5)(H2,2,3,6);;/q;;;;;;+1;-1. The van der Waals surface area contributed by atoms with E-state index in [0.29, 0.717) is 109 Å². The summed E-state index contributed by atoms with van der Waals surface area (Å²) in [5, 5.41) is 31.9. The number of benzene rings is 8. The number of esters is 1. The van der Waals surface area contributed by atoms with E-state index in [0.717, 1.165) is 105 Å². The summed E-state index contributed by atoms with van der Waals surface area (Å²) < 4.78 is 35.7. The zero-order valence-electron chi connectivity index (χ0n) is 80.6. The van der Waals surface area contributed by atoms with Gasteiger partial charge in [0.25, 0.3) is 35.4 Å². The molecule has 8 aromatic carbocycles. The number of hydrogen-bond acceptors (Lipinski definition) is 19. The summed E-state index contributed by atoms with van der Waals surface area (Å²) in [6, 6.07) is 51.6. The number of urea groups is 4. The maximum atomic E-state index is 13.3. The number of nitriles is 1. The van der Waals surface area contributed by atoms with Crippen molar-refractivity contribution < 1.29 is 107 Å². The maximum absolute atomic E-state index is 13.3. The normalized spacial score (nSPS) is 13.2. The van der Waals surface area contributed by atoms with Gasteiger partial charge in [0.05, 0.1) is 124 Å². The number of amides is 14. The van der Waals surface area contributed by atoms with Crippen molar-refractivity contribution in [2.75, 3.05) is 115 Å². The number of nitrogens with two attached hydrogens (primary N) is 3. The van der Waals surface area contributed by atoms with E-state index < -0.39 is 30.0 Å². The van der Waals surface area contributed by atoms with Gasteiger partial charge in [-0.15, -0.1) is 12.4 Å². The molecule has 0 spiro atoms. The fourth-order valence-corrected chi connectivity index (χ4v) is 16.3. The number of imide groups is 3. The van der Waals surface area contributed by atoms with Crippen LogP contribution in [-0.4, -0.2) is 204 Å². The molecule has 15 rings (SSSR count). The molecule has 714 valence electrons. The number of aryl methyl sites for hydroxylation is 4. The predicted octanol–water partition coefficient (Wildman–Crippen LogP) is 12.3. The van der Waals surface area contributed by atoms with Crippen molar-refractivity contribution in [3.05, 3.63) is 192 Å². The van der Waals surface area contributed by atoms with Crippen LogP contribution in [0.5, 0.6) is 23.0 Å². The van der Waals surface area contributed by atoms with Gasteiger partial charge in [-0.1, -0.05) is 59.0 Å². The molecule has 7 heterocycles. The van der Waals surface area contributed by atoms with Crippen molar-refractivity contribution in [1.29, 1.82) is 5.26 Å². The van der Waals surface area contributed by atoms with E-state index >= 15 is 0 Å². The number of carbonyl (C=O) groups is 11. The number of nitrogens with zero attached hydrogens (tertiary/aromatic N) is 16. The minimum Gasteiger partial charge on any atom is -1.00 e. The molecular formula is C97H112ClN22NaO16. The van der Waals surface area contributed by atoms with Crippen molar-refractivity contribution in [3.63, 3.8) is 0 Å². The van der Waals surface area contributed by atoms with Crippen LogP contribution in [0.4, 0.5) is 41.9 Å². The monoisotopic (exact) mass is 1900 g/mol. The molecule has 38 nitrogen and oxygen atoms in total. The summed E-state index contributed by atoms with van der Waals surface area (Å²) in [6.07, 6.45) is 0. The number of ether oxygens (including phenoxy) is 5. The third-order valence-corrected chi connectivity index (χ3v) is 22.3. The molecule has 40 heteroatoms. The fraction of sp³-hybridized carbons (Fsp3) is 0.299. The molecule has 14 amide bonds. The van der Waals surface area contributed by atoms with Gasteiger partial charge in [-0.25, -0.2) is 33.9 Å². The number of nitrogens with one attached hydrogen (secondary N) is 3. The Labute approximate surface area is 821 Å². The molecule has 0 bridgehead atoms. The van der Waals surface area contributed by atoms with E-state index in [1.807, 2.05) is 169 Å². The third-order valence-electron chi connectivity index (χ3n) is 22.3. The van der Waals surface area contributed by atoms with Gasteiger partial charge in [0.1, 0.15) is 48.2 Å². The van der Waals surface area contributed by atoms with E-state index in [1.165, 1.54) is 19.6 Å². The molecule has 0 saturated carbocycles. The minimum absolute atomic E-state index is 0. The first-order valence-corrected chi connectivity index (χ1v) is 43.8. The Bertz CT molecular complexity index is 6560. The van der Waals surface area contributed by atoms with Crippen molar-refractivity contribution in [1.82, 2.24) is 48.5 Å². The Balaban J connectivity index is 0.000000220. The van der Waals surface area contributed by atoms with Gasteiger partial charge in [0, 0.05) is 120 Å². The number of primary amides is 1. The second-order valence-electron chi connectivity index (χ2n) is 30.9. The number of carbonyl (C=O) groups excluding carboxylic acids is 11. The largest absolute Gasteiger partial charge is 1.00 e. The Hall–Kier alpha value is -15.3. The van der Waals surface area contributed by atoms with Crippen LogP contribution in [0, 0.1) is 11.3 Å². The van der Waals surface area contributed by atoms with Gasteiger partial charge in [0.15, 0.2) is 0 Å². The zero-order chi connectivity index (χ0) is 97.9. The van der Waals surface area contributed by atoms with Gasteiger partial charge >= 0.3 is 59.7 Å². The fourth-order valence-electron chi connectivity index (χ4n) is 16.3. The quantitative estimate of drug-likeness (QED) is 0.00695. The Morgan fingerprint density at radius 1 is 0.489 bits per heavy atom. The summed E-state index contributed by atoms with van der Waals surface area (Å²) >= 11 is 0. The topological polar surface area (TPSA) is 464 Å². The summed E-state index contributed by atoms with van der Waals surface area (Å²) in [5.41, 5.74) is 20.0. The van der Waals surface area contributed by atoms with E-state index in [1.54, 1.807) is 127 Å². The van der Waals surface area contributed by atoms with Crippen molar-refractivity contribution >= 4 is 144 Å². The number of halogens is 1. The van der Waals surface area contributed by atoms with Crippen LogP contribution in [0.1, 0.15) is 107 Å². The van der Waals surface area contributed by atoms with Crippen molar-refractivity contribution in [2.24, 2.45) is 38.3 Å². The number of hydrogen-bond donors (Lipinski definition) is 6. The van der Waals surface area contributed by atoms with Gasteiger partial charge in [-0.3, -0.25) is 33.6 Å². The van der Waals surface area contributed by atoms with E-state index in [4.69, 9.17) is 29.4 Å². The first kappa shape index (κ1) is 105. The molecule has 1 atom stereocenters. The van der Waals surface area contributed by atoms with Crippen LogP contribution < -0.4 is 96.6 Å². The van der Waals surface area contributed by atoms with Gasteiger partial charge in [-0.2, -0.15) is 5.26 Å². The second-order valence-corrected chi connectivity index (χ2v) is 30.9. The average molecular weight is 1900 g/mol. The SMILES string of the molecule is CCOC(=O)CNC(=O)Nc1ccc(-c2c(C#N)c3ccc(OCC)cc3n2CC)cc1.CCOc1ccc2c(C(=O)N(C)C)c(-c3ccc(N4C(=O)C(C)N(C)C4=O)cc3)n(CC)c2c1.CCOc1ccc2c(C(=O)N(C)C)c(-c3ccc(N4C(=O)CN(C)C4=O)cc3)n(CC)c2c1.CCOc1ccc2c(C(N)=O)c(-c3ccc(N4C(=O)CNC4=O)cc3)n(CC)c2c1.Cl.N/N=N/N=N/N.[H-].[Na+]. The molecule has 1 unspecified atom stereocenters. The van der Waals surface area contributed by atoms with Gasteiger partial charge in [-0.05, 0) is 199 Å². The third kappa shape index (κ3) is 22.5. The maximum Gasteiger partial charge on any atom is 1.00 e. The van der Waals surface area contributed by atoms with Crippen LogP contribution in [0.25, 0.3) is 88.6 Å². The molecule has 0 aliphatic carbocycles. The van der Waals surface area contributed by atoms with Crippen LogP contribution >= 0.6 is 12.4 Å². The predicted molar refractivity (Wildman–Crippen MR) is 523 cm³/mol. The molecule has 0 radical (unpaired) electrons. The average Bonchev–Trinajstić information content (AvgIpc) is 1.65. The summed E-state index contributed by atoms with van der Waals surface area (Å²) in [4.78, 5) is 145. The van der Waals surface area contributed by atoms with Crippen molar-refractivity contribution in [2.45, 2.75) is 101 Å². The number of fused-ring (bicyclic) bond motifs is 4. The van der Waals surface area contributed by atoms with Crippen LogP contribution in [0.15, 0.2) is 191 Å². The van der Waals surface area contributed by atoms with Crippen LogP contribution in [0.3, 0.4) is 0 Å². The van der Waals surface area contributed by atoms with E-state index in [9.17, 15) is 58.0 Å². The summed E-state index contributed by atoms with van der Waals surface area (Å²) in [5.74, 6) is 9.86.